The van der Waals surface area contributed by atoms with Gasteiger partial charge in [0, 0.05) is 38.2 Å². The number of primary amides is 2. The van der Waals surface area contributed by atoms with E-state index in [0.29, 0.717) is 18.6 Å². The first-order valence-electron chi connectivity index (χ1n) is 43.0. The van der Waals surface area contributed by atoms with Crippen molar-refractivity contribution in [3.8, 4) is 0 Å². The van der Waals surface area contributed by atoms with E-state index in [-0.39, 0.29) is 107 Å². The maximum absolute atomic E-state index is 14.7. The molecule has 2 aliphatic heterocycles. The molecule has 2 rings (SSSR count). The average molecular weight is 1820 g/mol. The molecule has 2 fully saturated rings. The minimum absolute atomic E-state index is 0.0137. The highest BCUT2D eigenvalue weighted by Crippen LogP contribution is 2.25. The number of thioether (sulfide) groups is 1. The third kappa shape index (κ3) is 38.6. The molecule has 2 saturated heterocycles. The number of carboxylic acid groups (broad SMARTS) is 1. The third-order valence-electron chi connectivity index (χ3n) is 20.9. The number of rotatable bonds is 56. The van der Waals surface area contributed by atoms with Crippen molar-refractivity contribution in [1.82, 2.24) is 84.2 Å². The van der Waals surface area contributed by atoms with Crippen LogP contribution in [-0.4, -0.2) is 285 Å². The predicted molar refractivity (Wildman–Crippen MR) is 472 cm³/mol. The summed E-state index contributed by atoms with van der Waals surface area (Å²) in [6.45, 7) is 25.3. The number of nitrogens with two attached hydrogens (primary N) is 5. The Morgan fingerprint density at radius 2 is 0.778 bits per heavy atom. The molecule has 0 bridgehead atoms. The number of aliphatic carboxylic acids is 1. The number of aliphatic hydroxyl groups excluding tert-OH is 1. The van der Waals surface area contributed by atoms with Crippen molar-refractivity contribution in [3.05, 3.63) is 0 Å². The predicted octanol–water partition coefficient (Wildman–Crippen LogP) is -4.77. The van der Waals surface area contributed by atoms with Gasteiger partial charge in [0.2, 0.25) is 106 Å². The summed E-state index contributed by atoms with van der Waals surface area (Å²) < 4.78 is 0. The van der Waals surface area contributed by atoms with Crippen LogP contribution in [0.2, 0.25) is 0 Å². The zero-order valence-electron chi connectivity index (χ0n) is 75.7. The molecule has 18 amide bonds. The van der Waals surface area contributed by atoms with Gasteiger partial charge in [-0.2, -0.15) is 24.4 Å². The van der Waals surface area contributed by atoms with Gasteiger partial charge in [0.15, 0.2) is 5.96 Å². The van der Waals surface area contributed by atoms with Crippen LogP contribution in [-0.2, 0) is 91.1 Å². The lowest BCUT2D eigenvalue weighted by molar-refractivity contribution is -0.144. The van der Waals surface area contributed by atoms with Gasteiger partial charge in [0.05, 0.1) is 18.7 Å². The highest BCUT2D eigenvalue weighted by molar-refractivity contribution is 7.98. The Morgan fingerprint density at radius 1 is 0.421 bits per heavy atom. The number of nitrogens with one attached hydrogen (secondary N) is 14. The molecule has 0 radical (unpaired) electrons. The maximum Gasteiger partial charge on any atom is 0.327 e. The van der Waals surface area contributed by atoms with E-state index in [1.807, 2.05) is 6.26 Å². The van der Waals surface area contributed by atoms with Crippen molar-refractivity contribution in [2.45, 2.75) is 303 Å². The van der Waals surface area contributed by atoms with E-state index in [9.17, 15) is 101 Å². The smallest absolute Gasteiger partial charge is 0.327 e. The molecule has 0 unspecified atom stereocenters. The molecule has 26 N–H and O–H groups in total. The topological polar surface area (TPSA) is 682 Å². The van der Waals surface area contributed by atoms with E-state index in [0.717, 1.165) is 0 Å². The standard InChI is InChI=1S/C81H142N22O21S2/c1-38(2)33-51(93-74(117)61(42(9)10)98-68(111)48(21-18-29-87-81(85)86)92-77(120)64(46(16)104)101-66(109)47(82)28-32-126-17)70(113)90-49(24-26-57(83)105)67(110)88-36-59(107)97-60(41(7)8)73(116)95-53(35-40(5)6)79(122)102-30-19-22-55(102)71(114)89-45(15)65(108)94-52(34-39(3)4)78(121)103-31-20-23-56(103)72(115)91-50(25-27-58(84)106)69(112)99-63(44(13)14)76(119)100-62(43(11)12)75(118)96-54(37-125)80(123)124/h38-56,60-64,104,125H,18-37,82H2,1-17H3,(H2,83,105)(H2,84,106)(H,88,110)(H,89,114)(H,90,113)(H,91,115)(H,92,120)(H,93,117)(H,94,108)(H,95,116)(H,96,118)(H,97,107)(H,98,111)(H,99,112)(H,100,119)(H,101,109)(H,123,124)(H4,85,86,87)/t45-,46+,47-,48-,49-,50-,51-,52-,53-,54-,55-,56-,60-,61-,62-,63-,64-/m0/s1. The van der Waals surface area contributed by atoms with Gasteiger partial charge in [-0.25, -0.2) is 4.79 Å². The van der Waals surface area contributed by atoms with Crippen molar-refractivity contribution in [2.24, 2.45) is 75.1 Å². The van der Waals surface area contributed by atoms with Crippen LogP contribution in [0.25, 0.3) is 0 Å². The van der Waals surface area contributed by atoms with E-state index in [2.05, 4.69) is 92.1 Å². The van der Waals surface area contributed by atoms with E-state index in [1.54, 1.807) is 96.9 Å². The van der Waals surface area contributed by atoms with Gasteiger partial charge in [0.1, 0.15) is 90.6 Å². The molecule has 0 aromatic heterocycles. The first-order valence-corrected chi connectivity index (χ1v) is 45.0. The van der Waals surface area contributed by atoms with Gasteiger partial charge in [0.25, 0.3) is 0 Å². The Kier molecular flexibility index (Phi) is 49.2. The van der Waals surface area contributed by atoms with Crippen molar-refractivity contribution < 1.29 is 101 Å². The number of amides is 18. The Hall–Kier alpha value is -10.2. The number of carbonyl (C=O) groups is 19. The fourth-order valence-electron chi connectivity index (χ4n) is 13.9. The highest BCUT2D eigenvalue weighted by atomic mass is 32.2. The molecular formula is C81H142N22O21S2. The number of aliphatic imine (C=N–C) groups is 1. The maximum atomic E-state index is 14.7. The summed E-state index contributed by atoms with van der Waals surface area (Å²) in [7, 11) is 0. The monoisotopic (exact) mass is 1820 g/mol. The minimum Gasteiger partial charge on any atom is -0.480 e. The third-order valence-corrected chi connectivity index (χ3v) is 21.9. The second-order valence-electron chi connectivity index (χ2n) is 34.7. The Bertz CT molecular complexity index is 3770. The second kappa shape index (κ2) is 55.4. The Balaban J connectivity index is 2.33. The zero-order chi connectivity index (χ0) is 96.0. The molecule has 2 aliphatic rings. The van der Waals surface area contributed by atoms with Crippen molar-refractivity contribution in [1.29, 1.82) is 0 Å². The molecule has 45 heteroatoms. The summed E-state index contributed by atoms with van der Waals surface area (Å²) in [6, 6.07) is -21.4. The zero-order valence-corrected chi connectivity index (χ0v) is 77.4. The second-order valence-corrected chi connectivity index (χ2v) is 36.1. The van der Waals surface area contributed by atoms with Crippen LogP contribution in [0.4, 0.5) is 0 Å². The van der Waals surface area contributed by atoms with Crippen molar-refractivity contribution in [2.75, 3.05) is 43.9 Å². The molecule has 0 saturated carbocycles. The largest absolute Gasteiger partial charge is 0.480 e. The Morgan fingerprint density at radius 3 is 1.19 bits per heavy atom. The number of thiol groups is 1. The summed E-state index contributed by atoms with van der Waals surface area (Å²) >= 11 is 5.42. The molecule has 0 aromatic carbocycles. The van der Waals surface area contributed by atoms with E-state index >= 15 is 0 Å². The summed E-state index contributed by atoms with van der Waals surface area (Å²) in [6.07, 6.45) is -0.0410. The summed E-state index contributed by atoms with van der Waals surface area (Å²) in [4.78, 5) is 268. The van der Waals surface area contributed by atoms with Crippen LogP contribution in [0.5, 0.6) is 0 Å². The van der Waals surface area contributed by atoms with Crippen LogP contribution in [0.1, 0.15) is 201 Å². The first-order chi connectivity index (χ1) is 58.8. The summed E-state index contributed by atoms with van der Waals surface area (Å²) in [5.74, 6) is -19.7. The molecule has 43 nitrogen and oxygen atoms in total. The van der Waals surface area contributed by atoms with Gasteiger partial charge >= 0.3 is 5.97 Å². The quantitative estimate of drug-likeness (QED) is 0.0118. The van der Waals surface area contributed by atoms with Crippen molar-refractivity contribution in [3.63, 3.8) is 0 Å². The van der Waals surface area contributed by atoms with Crippen LogP contribution in [0.3, 0.4) is 0 Å². The molecule has 714 valence electrons. The first kappa shape index (κ1) is 112. The fourth-order valence-corrected chi connectivity index (χ4v) is 14.6. The van der Waals surface area contributed by atoms with Crippen LogP contribution < -0.4 is 103 Å². The number of carbonyl (C=O) groups excluding carboxylic acids is 18. The molecule has 0 aromatic rings. The number of hydrogen-bond donors (Lipinski definition) is 22. The SMILES string of the molecule is CSCC[C@H](N)C(=O)N[C@H](C(=O)N[C@@H](CCCN=C(N)N)C(=O)N[C@H](C(=O)N[C@@H](CC(C)C)C(=O)N[C@@H](CCC(N)=O)C(=O)NCC(=O)N[C@H](C(=O)N[C@@H](CC(C)C)C(=O)N1CCC[C@H]1C(=O)N[C@@H](C)C(=O)N[C@@H](CC(C)C)C(=O)N1CCC[C@H]1C(=O)N[C@@H](CCC(N)=O)C(=O)N[C@H](C(=O)N[C@H](C(=O)N[C@@H](CS)C(=O)O)C(C)C)C(C)C)C(C)C)C(C)C)[C@@H](C)O. The number of likely N-dealkylation sites (tertiary alicyclic amines) is 2. The van der Waals surface area contributed by atoms with Crippen LogP contribution in [0, 0.1) is 41.4 Å². The molecular weight excluding hydrogens is 1680 g/mol. The van der Waals surface area contributed by atoms with Crippen molar-refractivity contribution >= 4 is 143 Å². The van der Waals surface area contributed by atoms with E-state index < -0.39 is 265 Å². The lowest BCUT2D eigenvalue weighted by Crippen LogP contribution is -2.61. The number of nitrogens with zero attached hydrogens (tertiary/aromatic N) is 3. The van der Waals surface area contributed by atoms with E-state index in [4.69, 9.17) is 28.7 Å². The minimum atomic E-state index is -1.57. The molecule has 126 heavy (non-hydrogen) atoms. The fraction of sp³-hybridized carbons (Fsp3) is 0.753. The highest BCUT2D eigenvalue weighted by Gasteiger charge is 2.45. The number of hydrogen-bond acceptors (Lipinski definition) is 24. The summed E-state index contributed by atoms with van der Waals surface area (Å²) in [5, 5.41) is 56.1. The Labute approximate surface area is 747 Å². The molecule has 0 spiro atoms. The number of aliphatic hydroxyl groups is 1. The van der Waals surface area contributed by atoms with E-state index in [1.165, 1.54) is 35.4 Å². The normalized spacial score (nSPS) is 17.5. The van der Waals surface area contributed by atoms with Gasteiger partial charge in [-0.15, -0.1) is 0 Å². The van der Waals surface area contributed by atoms with Gasteiger partial charge < -0.3 is 123 Å². The molecule has 17 atom stereocenters. The van der Waals surface area contributed by atoms with Gasteiger partial charge in [-0.1, -0.05) is 96.9 Å². The van der Waals surface area contributed by atoms with Crippen LogP contribution >= 0.6 is 24.4 Å². The average Bonchev–Trinajstić information content (AvgIpc) is 1.65. The summed E-state index contributed by atoms with van der Waals surface area (Å²) in [5.41, 5.74) is 28.0. The lowest BCUT2D eigenvalue weighted by atomic mass is 9.98. The van der Waals surface area contributed by atoms with Crippen LogP contribution in [0.15, 0.2) is 4.99 Å². The van der Waals surface area contributed by atoms with Gasteiger partial charge in [-0.05, 0) is 144 Å². The lowest BCUT2D eigenvalue weighted by Gasteiger charge is -2.32. The molecule has 0 aliphatic carbocycles. The number of guanidine groups is 1. The number of carboxylic acids is 1. The molecule has 2 heterocycles. The van der Waals surface area contributed by atoms with Gasteiger partial charge in [-0.3, -0.25) is 91.3 Å².